The number of fused-ring (bicyclic) bond motifs is 2. The highest BCUT2D eigenvalue weighted by Gasteiger charge is 2.31. The molecule has 11 heteroatoms. The number of nitrogens with zero attached hydrogens (tertiary/aromatic N) is 6. The molecule has 42 heavy (non-hydrogen) atoms. The number of nitrogen functional groups attached to an aromatic ring is 1. The third-order valence-electron chi connectivity index (χ3n) is 8.48. The van der Waals surface area contributed by atoms with Crippen LogP contribution in [0.1, 0.15) is 49.3 Å². The number of hydrogen-bond donors (Lipinski definition) is 3. The molecule has 2 fully saturated rings. The predicted molar refractivity (Wildman–Crippen MR) is 162 cm³/mol. The minimum absolute atomic E-state index is 0.0478. The second kappa shape index (κ2) is 10.7. The molecule has 0 unspecified atom stereocenters. The molecule has 2 aliphatic heterocycles. The summed E-state index contributed by atoms with van der Waals surface area (Å²) in [5.41, 5.74) is 13.4. The van der Waals surface area contributed by atoms with E-state index in [-0.39, 0.29) is 18.0 Å². The van der Waals surface area contributed by atoms with Gasteiger partial charge >= 0.3 is 0 Å². The molecule has 0 aliphatic carbocycles. The van der Waals surface area contributed by atoms with Gasteiger partial charge in [-0.1, -0.05) is 24.6 Å². The van der Waals surface area contributed by atoms with E-state index in [0.29, 0.717) is 24.9 Å². The first-order valence-corrected chi connectivity index (χ1v) is 14.7. The Bertz CT molecular complexity index is 1760. The van der Waals surface area contributed by atoms with Gasteiger partial charge in [0.25, 0.3) is 6.01 Å². The lowest BCUT2D eigenvalue weighted by molar-refractivity contribution is -0.135. The third-order valence-corrected chi connectivity index (χ3v) is 8.48. The summed E-state index contributed by atoms with van der Waals surface area (Å²) in [4.78, 5) is 28.5. The summed E-state index contributed by atoms with van der Waals surface area (Å²) in [5, 5.41) is 12.4. The fourth-order valence-corrected chi connectivity index (χ4v) is 6.33. The minimum Gasteiger partial charge on any atom is -0.423 e. The standard InChI is InChI=1S/C31H35N9O2/c1-18-15-19(2)27-24(16-18)37-31(42-27)36-21-8-6-20(7-9-21)26-25-28(32)34-17-35-29(25)40(38-26)22-10-13-39(14-11-22)30(41)23-5-3-4-12-33-23/h6-9,15-17,22-23,33H,3-5,10-14H2,1-2H3,(H,36,37)(H2,32,34,35)/t23-/m0/s1. The molecule has 0 saturated carbocycles. The number of anilines is 3. The van der Waals surface area contributed by atoms with Crippen LogP contribution in [0, 0.1) is 13.8 Å². The van der Waals surface area contributed by atoms with Gasteiger partial charge in [0, 0.05) is 24.3 Å². The number of aryl methyl sites for hydroxylation is 2. The Labute approximate surface area is 243 Å². The SMILES string of the molecule is Cc1cc(C)c2oc(Nc3ccc(-c4nn(C5CCN(C(=O)[C@@H]6CCCCN6)CC5)c5ncnc(N)c45)cc3)nc2c1. The van der Waals surface area contributed by atoms with E-state index >= 15 is 0 Å². The molecule has 1 amide bonds. The number of nitrogens with one attached hydrogen (secondary N) is 2. The highest BCUT2D eigenvalue weighted by atomic mass is 16.4. The van der Waals surface area contributed by atoms with E-state index in [1.807, 2.05) is 46.8 Å². The number of aromatic nitrogens is 5. The lowest BCUT2D eigenvalue weighted by Gasteiger charge is -2.35. The first-order valence-electron chi connectivity index (χ1n) is 14.7. The minimum atomic E-state index is -0.0478. The number of amides is 1. The highest BCUT2D eigenvalue weighted by Crippen LogP contribution is 2.35. The van der Waals surface area contributed by atoms with Crippen molar-refractivity contribution in [2.45, 2.75) is 58.0 Å². The molecule has 0 spiro atoms. The molecule has 0 radical (unpaired) electrons. The zero-order chi connectivity index (χ0) is 28.8. The average Bonchev–Trinajstić information content (AvgIpc) is 3.60. The maximum Gasteiger partial charge on any atom is 0.300 e. The van der Waals surface area contributed by atoms with Crippen LogP contribution >= 0.6 is 0 Å². The molecular weight excluding hydrogens is 530 g/mol. The van der Waals surface area contributed by atoms with Gasteiger partial charge in [0.05, 0.1) is 17.5 Å². The topological polar surface area (TPSA) is 140 Å². The van der Waals surface area contributed by atoms with Crippen LogP contribution in [0.5, 0.6) is 0 Å². The predicted octanol–water partition coefficient (Wildman–Crippen LogP) is 4.88. The average molecular weight is 566 g/mol. The quantitative estimate of drug-likeness (QED) is 0.272. The van der Waals surface area contributed by atoms with Crippen molar-refractivity contribution in [1.82, 2.24) is 34.9 Å². The van der Waals surface area contributed by atoms with Crippen molar-refractivity contribution in [3.63, 3.8) is 0 Å². The number of carbonyl (C=O) groups excluding carboxylic acids is 1. The zero-order valence-electron chi connectivity index (χ0n) is 23.9. The number of oxazole rings is 1. The smallest absolute Gasteiger partial charge is 0.300 e. The molecule has 1 atom stereocenters. The third kappa shape index (κ3) is 4.83. The fraction of sp³-hybridized carbons (Fsp3) is 0.387. The number of piperidine rings is 2. The summed E-state index contributed by atoms with van der Waals surface area (Å²) in [5.74, 6) is 0.624. The van der Waals surface area contributed by atoms with Crippen molar-refractivity contribution in [3.8, 4) is 11.3 Å². The van der Waals surface area contributed by atoms with Crippen LogP contribution in [-0.4, -0.2) is 61.2 Å². The first-order chi connectivity index (χ1) is 20.4. The number of likely N-dealkylation sites (tertiary alicyclic amines) is 1. The molecule has 2 aliphatic rings. The van der Waals surface area contributed by atoms with Crippen molar-refractivity contribution in [2.24, 2.45) is 0 Å². The summed E-state index contributed by atoms with van der Waals surface area (Å²) in [6.07, 6.45) is 6.28. The van der Waals surface area contributed by atoms with Gasteiger partial charge in [-0.2, -0.15) is 10.1 Å². The van der Waals surface area contributed by atoms with Crippen molar-refractivity contribution in [2.75, 3.05) is 30.7 Å². The second-order valence-electron chi connectivity index (χ2n) is 11.5. The Hall–Kier alpha value is -4.51. The Kier molecular flexibility index (Phi) is 6.73. The molecule has 5 heterocycles. The second-order valence-corrected chi connectivity index (χ2v) is 11.5. The van der Waals surface area contributed by atoms with Crippen molar-refractivity contribution in [1.29, 1.82) is 0 Å². The molecule has 7 rings (SSSR count). The maximum absolute atomic E-state index is 13.0. The molecule has 0 bridgehead atoms. The van der Waals surface area contributed by atoms with Gasteiger partial charge in [-0.05, 0) is 75.4 Å². The molecule has 3 aromatic heterocycles. The van der Waals surface area contributed by atoms with E-state index < -0.39 is 0 Å². The van der Waals surface area contributed by atoms with Gasteiger partial charge in [0.2, 0.25) is 5.91 Å². The molecular formula is C31H35N9O2. The summed E-state index contributed by atoms with van der Waals surface area (Å²) in [6.45, 7) is 6.40. The van der Waals surface area contributed by atoms with Crippen LogP contribution < -0.4 is 16.4 Å². The van der Waals surface area contributed by atoms with Crippen molar-refractivity contribution >= 4 is 45.6 Å². The normalized spacial score (nSPS) is 18.1. The van der Waals surface area contributed by atoms with Gasteiger partial charge in [0.1, 0.15) is 23.4 Å². The van der Waals surface area contributed by atoms with Gasteiger partial charge in [-0.3, -0.25) is 4.79 Å². The number of benzene rings is 2. The van der Waals surface area contributed by atoms with E-state index in [9.17, 15) is 4.79 Å². The molecule has 5 aromatic rings. The molecule has 11 nitrogen and oxygen atoms in total. The van der Waals surface area contributed by atoms with Crippen LogP contribution in [0.25, 0.3) is 33.4 Å². The van der Waals surface area contributed by atoms with Crippen LogP contribution in [-0.2, 0) is 4.79 Å². The van der Waals surface area contributed by atoms with Crippen LogP contribution in [0.3, 0.4) is 0 Å². The number of hydrogen-bond acceptors (Lipinski definition) is 9. The van der Waals surface area contributed by atoms with E-state index in [1.54, 1.807) is 0 Å². The Morgan fingerprint density at radius 1 is 1.07 bits per heavy atom. The maximum atomic E-state index is 13.0. The summed E-state index contributed by atoms with van der Waals surface area (Å²) in [7, 11) is 0. The van der Waals surface area contributed by atoms with Gasteiger partial charge in [0.15, 0.2) is 11.2 Å². The van der Waals surface area contributed by atoms with Gasteiger partial charge in [-0.25, -0.2) is 14.6 Å². The summed E-state index contributed by atoms with van der Waals surface area (Å²) >= 11 is 0. The van der Waals surface area contributed by atoms with E-state index in [0.717, 1.165) is 88.9 Å². The van der Waals surface area contributed by atoms with Crippen LogP contribution in [0.4, 0.5) is 17.5 Å². The Balaban J connectivity index is 1.12. The lowest BCUT2D eigenvalue weighted by atomic mass is 10.0. The Morgan fingerprint density at radius 2 is 1.88 bits per heavy atom. The Morgan fingerprint density at radius 3 is 2.64 bits per heavy atom. The van der Waals surface area contributed by atoms with Gasteiger partial charge in [-0.15, -0.1) is 0 Å². The molecule has 216 valence electrons. The summed E-state index contributed by atoms with van der Waals surface area (Å²) in [6, 6.07) is 12.6. The van der Waals surface area contributed by atoms with E-state index in [2.05, 4.69) is 38.6 Å². The van der Waals surface area contributed by atoms with E-state index in [1.165, 1.54) is 6.33 Å². The van der Waals surface area contributed by atoms with Crippen LogP contribution in [0.15, 0.2) is 47.1 Å². The molecule has 4 N–H and O–H groups in total. The first kappa shape index (κ1) is 26.4. The van der Waals surface area contributed by atoms with E-state index in [4.69, 9.17) is 15.2 Å². The summed E-state index contributed by atoms with van der Waals surface area (Å²) < 4.78 is 7.96. The fourth-order valence-electron chi connectivity index (χ4n) is 6.33. The number of carbonyl (C=O) groups is 1. The molecule has 2 aromatic carbocycles. The molecule has 2 saturated heterocycles. The number of nitrogens with two attached hydrogens (primary N) is 1. The van der Waals surface area contributed by atoms with Crippen molar-refractivity contribution in [3.05, 3.63) is 53.9 Å². The number of rotatable bonds is 5. The monoisotopic (exact) mass is 565 g/mol. The lowest BCUT2D eigenvalue weighted by Crippen LogP contribution is -2.50. The van der Waals surface area contributed by atoms with Gasteiger partial charge < -0.3 is 25.7 Å². The van der Waals surface area contributed by atoms with Crippen molar-refractivity contribution < 1.29 is 9.21 Å². The highest BCUT2D eigenvalue weighted by molar-refractivity contribution is 5.98. The zero-order valence-corrected chi connectivity index (χ0v) is 23.9. The van der Waals surface area contributed by atoms with Crippen LogP contribution in [0.2, 0.25) is 0 Å². The largest absolute Gasteiger partial charge is 0.423 e.